The molecule has 0 spiro atoms. The number of hydrogen-bond donors (Lipinski definition) is 1. The van der Waals surface area contributed by atoms with Crippen LogP contribution in [0.25, 0.3) is 0 Å². The maximum atomic E-state index is 11.3. The third-order valence-corrected chi connectivity index (χ3v) is 4.97. The lowest BCUT2D eigenvalue weighted by atomic mass is 10.2. The topological polar surface area (TPSA) is 69.4 Å². The lowest BCUT2D eigenvalue weighted by Crippen LogP contribution is -2.18. The van der Waals surface area contributed by atoms with E-state index in [1.807, 2.05) is 0 Å². The molecule has 4 nitrogen and oxygen atoms in total. The Kier molecular flexibility index (Phi) is 3.79. The lowest BCUT2D eigenvalue weighted by molar-refractivity contribution is 0.229. The van der Waals surface area contributed by atoms with E-state index in [4.69, 9.17) is 34.3 Å². The summed E-state index contributed by atoms with van der Waals surface area (Å²) in [6.07, 6.45) is 0.207. The molecule has 1 aliphatic rings. The van der Waals surface area contributed by atoms with Crippen molar-refractivity contribution in [1.82, 2.24) is 0 Å². The van der Waals surface area contributed by atoms with E-state index in [1.165, 1.54) is 0 Å². The minimum absolute atomic E-state index is 0.0572. The van der Waals surface area contributed by atoms with Gasteiger partial charge in [0.2, 0.25) is 0 Å². The van der Waals surface area contributed by atoms with Crippen LogP contribution in [0.1, 0.15) is 12.0 Å². The molecule has 0 aromatic heterocycles. The van der Waals surface area contributed by atoms with E-state index in [9.17, 15) is 8.42 Å². The van der Waals surface area contributed by atoms with Crippen LogP contribution in [0.3, 0.4) is 0 Å². The summed E-state index contributed by atoms with van der Waals surface area (Å²) in [4.78, 5) is 0.218. The number of sulfone groups is 1. The molecule has 0 aliphatic carbocycles. The summed E-state index contributed by atoms with van der Waals surface area (Å²) in [5.74, 6) is 0.764. The van der Waals surface area contributed by atoms with Crippen molar-refractivity contribution < 1.29 is 13.2 Å². The predicted molar refractivity (Wildman–Crippen MR) is 75.0 cm³/mol. The molecule has 2 rings (SSSR count). The van der Waals surface area contributed by atoms with Gasteiger partial charge in [0.05, 0.1) is 16.5 Å². The first-order valence-electron chi connectivity index (χ1n) is 5.34. The SMILES string of the molecule is NC(=S)c1ccc(OC2CCS(=O)(=O)C2)cc1Cl. The maximum Gasteiger partial charge on any atom is 0.154 e. The second-order valence-corrected chi connectivity index (χ2v) is 7.22. The number of thiocarbonyl (C=S) groups is 1. The van der Waals surface area contributed by atoms with E-state index in [-0.39, 0.29) is 22.6 Å². The summed E-state index contributed by atoms with van der Waals surface area (Å²) in [6.45, 7) is 0. The number of benzene rings is 1. The van der Waals surface area contributed by atoms with Gasteiger partial charge in [-0.3, -0.25) is 0 Å². The van der Waals surface area contributed by atoms with Crippen molar-refractivity contribution in [2.75, 3.05) is 11.5 Å². The normalized spacial score (nSPS) is 21.7. The molecule has 2 N–H and O–H groups in total. The van der Waals surface area contributed by atoms with Crippen LogP contribution >= 0.6 is 23.8 Å². The minimum atomic E-state index is -2.95. The van der Waals surface area contributed by atoms with Gasteiger partial charge in [-0.05, 0) is 24.6 Å². The molecule has 18 heavy (non-hydrogen) atoms. The molecule has 1 saturated heterocycles. The summed E-state index contributed by atoms with van der Waals surface area (Å²) in [5.41, 5.74) is 6.07. The van der Waals surface area contributed by atoms with Crippen LogP contribution in [0, 0.1) is 0 Å². The van der Waals surface area contributed by atoms with E-state index in [0.717, 1.165) is 0 Å². The first kappa shape index (κ1) is 13.6. The van der Waals surface area contributed by atoms with E-state index < -0.39 is 9.84 Å². The maximum absolute atomic E-state index is 11.3. The van der Waals surface area contributed by atoms with Gasteiger partial charge in [0.15, 0.2) is 9.84 Å². The number of nitrogens with two attached hydrogens (primary N) is 1. The molecular formula is C11H12ClNO3S2. The highest BCUT2D eigenvalue weighted by Gasteiger charge is 2.29. The van der Waals surface area contributed by atoms with Crippen molar-refractivity contribution in [1.29, 1.82) is 0 Å². The van der Waals surface area contributed by atoms with Gasteiger partial charge in [0.1, 0.15) is 16.8 Å². The molecule has 1 atom stereocenters. The number of ether oxygens (including phenoxy) is 1. The monoisotopic (exact) mass is 305 g/mol. The molecule has 1 aromatic rings. The van der Waals surface area contributed by atoms with Gasteiger partial charge in [-0.15, -0.1) is 0 Å². The van der Waals surface area contributed by atoms with Crippen LogP contribution in [0.2, 0.25) is 5.02 Å². The Labute approximate surface area is 116 Å². The van der Waals surface area contributed by atoms with E-state index >= 15 is 0 Å². The summed E-state index contributed by atoms with van der Waals surface area (Å²) in [6, 6.07) is 4.95. The van der Waals surface area contributed by atoms with Crippen LogP contribution in [0.5, 0.6) is 5.75 Å². The fourth-order valence-corrected chi connectivity index (χ4v) is 3.91. The zero-order valence-corrected chi connectivity index (χ0v) is 11.8. The Balaban J connectivity index is 2.12. The highest BCUT2D eigenvalue weighted by molar-refractivity contribution is 7.91. The molecule has 0 saturated carbocycles. The minimum Gasteiger partial charge on any atom is -0.489 e. The molecular weight excluding hydrogens is 294 g/mol. The van der Waals surface area contributed by atoms with Gasteiger partial charge in [0.25, 0.3) is 0 Å². The number of halogens is 1. The summed E-state index contributed by atoms with van der Waals surface area (Å²) in [5, 5.41) is 0.404. The van der Waals surface area contributed by atoms with Crippen LogP contribution in [0.4, 0.5) is 0 Å². The third kappa shape index (κ3) is 3.13. The van der Waals surface area contributed by atoms with Gasteiger partial charge in [-0.2, -0.15) is 0 Å². The van der Waals surface area contributed by atoms with E-state index in [2.05, 4.69) is 0 Å². The van der Waals surface area contributed by atoms with Crippen molar-refractivity contribution in [3.05, 3.63) is 28.8 Å². The highest BCUT2D eigenvalue weighted by Crippen LogP contribution is 2.25. The first-order chi connectivity index (χ1) is 8.37. The van der Waals surface area contributed by atoms with Crippen LogP contribution in [0.15, 0.2) is 18.2 Å². The largest absolute Gasteiger partial charge is 0.489 e. The van der Waals surface area contributed by atoms with Gasteiger partial charge >= 0.3 is 0 Å². The van der Waals surface area contributed by atoms with Gasteiger partial charge in [-0.1, -0.05) is 23.8 Å². The summed E-state index contributed by atoms with van der Waals surface area (Å²) >= 11 is 10.8. The molecule has 1 aromatic carbocycles. The van der Waals surface area contributed by atoms with E-state index in [1.54, 1.807) is 18.2 Å². The Morgan fingerprint density at radius 3 is 2.72 bits per heavy atom. The molecule has 1 unspecified atom stereocenters. The fourth-order valence-electron chi connectivity index (χ4n) is 1.82. The molecule has 0 amide bonds. The van der Waals surface area contributed by atoms with Gasteiger partial charge in [-0.25, -0.2) is 8.42 Å². The third-order valence-electron chi connectivity index (χ3n) is 2.70. The predicted octanol–water partition coefficient (Wildman–Crippen LogP) is 1.54. The van der Waals surface area contributed by atoms with Crippen LogP contribution in [-0.4, -0.2) is 31.0 Å². The molecule has 7 heteroatoms. The van der Waals surface area contributed by atoms with E-state index in [0.29, 0.717) is 22.8 Å². The molecule has 0 radical (unpaired) electrons. The fraction of sp³-hybridized carbons (Fsp3) is 0.364. The Morgan fingerprint density at radius 2 is 2.22 bits per heavy atom. The number of hydrogen-bond acceptors (Lipinski definition) is 4. The standard InChI is InChI=1S/C11H12ClNO3S2/c12-10-5-7(1-2-9(10)11(13)17)16-8-3-4-18(14,15)6-8/h1-2,5,8H,3-4,6H2,(H2,13,17). The van der Waals surface area contributed by atoms with Crippen molar-refractivity contribution in [3.8, 4) is 5.75 Å². The van der Waals surface area contributed by atoms with Crippen LogP contribution in [-0.2, 0) is 9.84 Å². The van der Waals surface area contributed by atoms with Crippen molar-refractivity contribution >= 4 is 38.6 Å². The Morgan fingerprint density at radius 1 is 1.50 bits per heavy atom. The highest BCUT2D eigenvalue weighted by atomic mass is 35.5. The van der Waals surface area contributed by atoms with Crippen molar-refractivity contribution in [3.63, 3.8) is 0 Å². The second-order valence-electron chi connectivity index (χ2n) is 4.15. The van der Waals surface area contributed by atoms with Gasteiger partial charge < -0.3 is 10.5 Å². The molecule has 1 fully saturated rings. The van der Waals surface area contributed by atoms with Crippen molar-refractivity contribution in [2.45, 2.75) is 12.5 Å². The molecule has 98 valence electrons. The van der Waals surface area contributed by atoms with Crippen molar-refractivity contribution in [2.24, 2.45) is 5.73 Å². The molecule has 1 aliphatic heterocycles. The smallest absolute Gasteiger partial charge is 0.154 e. The quantitative estimate of drug-likeness (QED) is 0.858. The summed E-state index contributed by atoms with van der Waals surface area (Å²) < 4.78 is 28.2. The average molecular weight is 306 g/mol. The molecule has 1 heterocycles. The Bertz CT molecular complexity index is 586. The number of rotatable bonds is 3. The Hall–Kier alpha value is -0.850. The molecule has 0 bridgehead atoms. The lowest BCUT2D eigenvalue weighted by Gasteiger charge is -2.13. The zero-order valence-electron chi connectivity index (χ0n) is 9.43. The second kappa shape index (κ2) is 5.03. The van der Waals surface area contributed by atoms with Gasteiger partial charge in [0, 0.05) is 5.56 Å². The summed E-state index contributed by atoms with van der Waals surface area (Å²) in [7, 11) is -2.95. The van der Waals surface area contributed by atoms with Crippen LogP contribution < -0.4 is 10.5 Å². The first-order valence-corrected chi connectivity index (χ1v) is 7.94. The zero-order chi connectivity index (χ0) is 13.3. The average Bonchev–Trinajstić information content (AvgIpc) is 2.57.